The molecule has 2 aliphatic rings. The van der Waals surface area contributed by atoms with Crippen molar-refractivity contribution in [2.75, 3.05) is 13.2 Å². The lowest BCUT2D eigenvalue weighted by Crippen LogP contribution is -2.41. The molecule has 7 heteroatoms. The van der Waals surface area contributed by atoms with Gasteiger partial charge in [-0.3, -0.25) is 9.88 Å². The first-order valence-corrected chi connectivity index (χ1v) is 10.5. The summed E-state index contributed by atoms with van der Waals surface area (Å²) >= 11 is 0. The number of carbonyl (C=O) groups excluding carboxylic acids is 1. The number of ether oxygens (including phenoxy) is 2. The van der Waals surface area contributed by atoms with E-state index >= 15 is 0 Å². The third kappa shape index (κ3) is 3.66. The molecule has 2 heterocycles. The standard InChI is InChI=1S/C25H22N2O5/c28-24(29)23-13-17(32-16-9-11-26-12-10-16)14-27(23)25(30)31-15-22-20-7-3-1-5-18(20)19-6-2-4-8-21(19)22/h1-12,17,22-23H,13-15H2,(H,28,29)/t17-,23-/m0/s1. The lowest BCUT2D eigenvalue weighted by atomic mass is 9.98. The first-order chi connectivity index (χ1) is 15.6. The van der Waals surface area contributed by atoms with E-state index in [2.05, 4.69) is 17.1 Å². The molecule has 5 rings (SSSR count). The summed E-state index contributed by atoms with van der Waals surface area (Å²) in [6.45, 7) is 0.293. The van der Waals surface area contributed by atoms with Crippen LogP contribution in [0.25, 0.3) is 11.1 Å². The van der Waals surface area contributed by atoms with Gasteiger partial charge in [-0.1, -0.05) is 48.5 Å². The third-order valence-corrected chi connectivity index (χ3v) is 6.07. The molecule has 0 radical (unpaired) electrons. The SMILES string of the molecule is O=C(O)[C@@H]1C[C@H](Oc2ccncc2)CN1C(=O)OCC1c2ccccc2-c2ccccc21. The van der Waals surface area contributed by atoms with Gasteiger partial charge in [-0.15, -0.1) is 0 Å². The fourth-order valence-corrected chi connectivity index (χ4v) is 4.60. The van der Waals surface area contributed by atoms with Gasteiger partial charge < -0.3 is 14.6 Å². The summed E-state index contributed by atoms with van der Waals surface area (Å²) in [4.78, 5) is 29.9. The number of aliphatic carboxylic acids is 1. The summed E-state index contributed by atoms with van der Waals surface area (Å²) in [6.07, 6.45) is 2.32. The zero-order valence-corrected chi connectivity index (χ0v) is 17.3. The molecule has 1 aliphatic heterocycles. The third-order valence-electron chi connectivity index (χ3n) is 6.07. The first-order valence-electron chi connectivity index (χ1n) is 10.5. The van der Waals surface area contributed by atoms with Crippen molar-refractivity contribution in [2.24, 2.45) is 0 Å². The summed E-state index contributed by atoms with van der Waals surface area (Å²) in [5.41, 5.74) is 4.49. The predicted molar refractivity (Wildman–Crippen MR) is 116 cm³/mol. The molecule has 32 heavy (non-hydrogen) atoms. The van der Waals surface area contributed by atoms with Crippen LogP contribution in [0.3, 0.4) is 0 Å². The molecule has 3 aromatic rings. The molecule has 7 nitrogen and oxygen atoms in total. The predicted octanol–water partition coefficient (Wildman–Crippen LogP) is 3.94. The molecular weight excluding hydrogens is 408 g/mol. The topological polar surface area (TPSA) is 89.0 Å². The van der Waals surface area contributed by atoms with Gasteiger partial charge in [-0.2, -0.15) is 0 Å². The van der Waals surface area contributed by atoms with E-state index in [1.165, 1.54) is 4.90 Å². The van der Waals surface area contributed by atoms with Crippen LogP contribution in [0.4, 0.5) is 4.79 Å². The fraction of sp³-hybridized carbons (Fsp3) is 0.240. The van der Waals surface area contributed by atoms with Crippen LogP contribution in [0.5, 0.6) is 5.75 Å². The van der Waals surface area contributed by atoms with Gasteiger partial charge in [0.2, 0.25) is 0 Å². The first kappa shape index (κ1) is 20.1. The normalized spacial score (nSPS) is 19.3. The van der Waals surface area contributed by atoms with Crippen molar-refractivity contribution in [3.8, 4) is 16.9 Å². The average Bonchev–Trinajstić information content (AvgIpc) is 3.38. The number of rotatable bonds is 5. The highest BCUT2D eigenvalue weighted by Crippen LogP contribution is 2.44. The molecule has 2 aromatic carbocycles. The fourth-order valence-electron chi connectivity index (χ4n) is 4.60. The number of hydrogen-bond acceptors (Lipinski definition) is 5. The Morgan fingerprint density at radius 1 is 0.969 bits per heavy atom. The van der Waals surface area contributed by atoms with Crippen molar-refractivity contribution in [2.45, 2.75) is 24.5 Å². The lowest BCUT2D eigenvalue weighted by Gasteiger charge is -2.22. The molecule has 1 saturated heterocycles. The number of pyridine rings is 1. The maximum Gasteiger partial charge on any atom is 0.410 e. The smallest absolute Gasteiger partial charge is 0.410 e. The largest absolute Gasteiger partial charge is 0.488 e. The van der Waals surface area contributed by atoms with E-state index in [4.69, 9.17) is 9.47 Å². The molecule has 1 N–H and O–H groups in total. The number of nitrogens with zero attached hydrogens (tertiary/aromatic N) is 2. The van der Waals surface area contributed by atoms with E-state index in [9.17, 15) is 14.7 Å². The van der Waals surface area contributed by atoms with Gasteiger partial charge in [0.25, 0.3) is 0 Å². The van der Waals surface area contributed by atoms with Gasteiger partial charge in [0.1, 0.15) is 24.5 Å². The number of fused-ring (bicyclic) bond motifs is 3. The number of carboxylic acids is 1. The van der Waals surface area contributed by atoms with Crippen LogP contribution < -0.4 is 4.74 Å². The Morgan fingerprint density at radius 2 is 1.59 bits per heavy atom. The van der Waals surface area contributed by atoms with Crippen molar-refractivity contribution >= 4 is 12.1 Å². The zero-order valence-electron chi connectivity index (χ0n) is 17.3. The Kier molecular flexibility index (Phi) is 5.23. The minimum atomic E-state index is -1.07. The Morgan fingerprint density at radius 3 is 2.22 bits per heavy atom. The Bertz CT molecular complexity index is 1100. The molecule has 0 spiro atoms. The Labute approximate surface area is 185 Å². The second-order valence-corrected chi connectivity index (χ2v) is 7.97. The van der Waals surface area contributed by atoms with E-state index in [1.54, 1.807) is 24.5 Å². The molecule has 0 bridgehead atoms. The summed E-state index contributed by atoms with van der Waals surface area (Å²) < 4.78 is 11.5. The summed E-state index contributed by atoms with van der Waals surface area (Å²) in [5.74, 6) is -0.566. The van der Waals surface area contributed by atoms with Gasteiger partial charge >= 0.3 is 12.1 Å². The Hall–Kier alpha value is -3.87. The van der Waals surface area contributed by atoms with Crippen molar-refractivity contribution in [3.63, 3.8) is 0 Å². The highest BCUT2D eigenvalue weighted by atomic mass is 16.6. The maximum atomic E-state index is 12.9. The molecule has 1 aromatic heterocycles. The molecule has 0 unspecified atom stereocenters. The second kappa shape index (κ2) is 8.34. The second-order valence-electron chi connectivity index (χ2n) is 7.97. The van der Waals surface area contributed by atoms with Crippen molar-refractivity contribution < 1.29 is 24.2 Å². The van der Waals surface area contributed by atoms with E-state index in [-0.39, 0.29) is 25.5 Å². The number of likely N-dealkylation sites (tertiary alicyclic amines) is 1. The maximum absolute atomic E-state index is 12.9. The van der Waals surface area contributed by atoms with Gasteiger partial charge in [-0.05, 0) is 34.4 Å². The summed E-state index contributed by atoms with van der Waals surface area (Å²) in [6, 6.07) is 18.6. The minimum absolute atomic E-state index is 0.0823. The van der Waals surface area contributed by atoms with E-state index < -0.39 is 24.2 Å². The summed E-state index contributed by atoms with van der Waals surface area (Å²) in [5, 5.41) is 9.64. The highest BCUT2D eigenvalue weighted by molar-refractivity contribution is 5.81. The van der Waals surface area contributed by atoms with E-state index in [0.29, 0.717) is 5.75 Å². The van der Waals surface area contributed by atoms with Crippen molar-refractivity contribution in [1.82, 2.24) is 9.88 Å². The van der Waals surface area contributed by atoms with Gasteiger partial charge in [-0.25, -0.2) is 9.59 Å². The Balaban J connectivity index is 1.30. The number of carbonyl (C=O) groups is 2. The molecule has 0 saturated carbocycles. The zero-order chi connectivity index (χ0) is 22.1. The van der Waals surface area contributed by atoms with E-state index in [0.717, 1.165) is 22.3 Å². The van der Waals surface area contributed by atoms with Gasteiger partial charge in [0.15, 0.2) is 0 Å². The van der Waals surface area contributed by atoms with Crippen LogP contribution in [0, 0.1) is 0 Å². The number of carboxylic acid groups (broad SMARTS) is 1. The number of benzene rings is 2. The molecule has 162 valence electrons. The molecule has 1 aliphatic carbocycles. The van der Waals surface area contributed by atoms with Crippen LogP contribution in [-0.4, -0.2) is 52.4 Å². The van der Waals surface area contributed by atoms with Crippen LogP contribution in [0.1, 0.15) is 23.5 Å². The quantitative estimate of drug-likeness (QED) is 0.660. The molecule has 1 fully saturated rings. The van der Waals surface area contributed by atoms with Crippen LogP contribution in [0.2, 0.25) is 0 Å². The number of aromatic nitrogens is 1. The number of amides is 1. The van der Waals surface area contributed by atoms with Crippen molar-refractivity contribution in [1.29, 1.82) is 0 Å². The summed E-state index contributed by atoms with van der Waals surface area (Å²) in [7, 11) is 0. The average molecular weight is 430 g/mol. The van der Waals surface area contributed by atoms with Crippen molar-refractivity contribution in [3.05, 3.63) is 84.2 Å². The molecule has 2 atom stereocenters. The number of hydrogen-bond donors (Lipinski definition) is 1. The monoisotopic (exact) mass is 430 g/mol. The van der Waals surface area contributed by atoms with Crippen LogP contribution in [-0.2, 0) is 9.53 Å². The lowest BCUT2D eigenvalue weighted by molar-refractivity contribution is -0.141. The van der Waals surface area contributed by atoms with E-state index in [1.807, 2.05) is 36.4 Å². The molecular formula is C25H22N2O5. The minimum Gasteiger partial charge on any atom is -0.488 e. The van der Waals surface area contributed by atoms with Crippen LogP contribution >= 0.6 is 0 Å². The highest BCUT2D eigenvalue weighted by Gasteiger charge is 2.42. The van der Waals surface area contributed by atoms with Crippen LogP contribution in [0.15, 0.2) is 73.1 Å². The molecule has 1 amide bonds. The van der Waals surface area contributed by atoms with Gasteiger partial charge in [0, 0.05) is 24.7 Å². The van der Waals surface area contributed by atoms with Gasteiger partial charge in [0.05, 0.1) is 6.54 Å².